The van der Waals surface area contributed by atoms with Gasteiger partial charge in [-0.3, -0.25) is 9.78 Å². The second kappa shape index (κ2) is 7.38. The molecule has 104 valence electrons. The summed E-state index contributed by atoms with van der Waals surface area (Å²) in [6.07, 6.45) is 7.16. The molecule has 2 heterocycles. The highest BCUT2D eigenvalue weighted by molar-refractivity contribution is 7.99. The van der Waals surface area contributed by atoms with Crippen LogP contribution in [0, 0.1) is 0 Å². The molecule has 1 aliphatic rings. The number of aromatic nitrogens is 1. The Kier molecular flexibility index (Phi) is 5.51. The molecule has 0 spiro atoms. The highest BCUT2D eigenvalue weighted by atomic mass is 32.2. The van der Waals surface area contributed by atoms with Crippen LogP contribution in [0.2, 0.25) is 0 Å². The number of pyridine rings is 1. The Bertz CT molecular complexity index is 419. The molecular weight excluding hydrogens is 258 g/mol. The zero-order chi connectivity index (χ0) is 13.5. The van der Waals surface area contributed by atoms with Crippen LogP contribution in [0.15, 0.2) is 18.5 Å². The normalized spacial score (nSPS) is 18.9. The Morgan fingerprint density at radius 3 is 3.16 bits per heavy atom. The first-order valence-corrected chi connectivity index (χ1v) is 7.94. The Hall–Kier alpha value is -1.23. The molecule has 1 aromatic heterocycles. The molecule has 2 N–H and O–H groups in total. The average molecular weight is 279 g/mol. The van der Waals surface area contributed by atoms with E-state index in [1.807, 2.05) is 18.7 Å². The number of rotatable bonds is 5. The molecular formula is C14H21N3OS. The monoisotopic (exact) mass is 279 g/mol. The molecule has 0 radical (unpaired) electrons. The third kappa shape index (κ3) is 4.13. The number of amides is 1. The van der Waals surface area contributed by atoms with Gasteiger partial charge in [0.25, 0.3) is 5.91 Å². The van der Waals surface area contributed by atoms with Crippen LogP contribution in [0.3, 0.4) is 0 Å². The molecule has 1 aromatic rings. The molecule has 0 aliphatic carbocycles. The summed E-state index contributed by atoms with van der Waals surface area (Å²) in [4.78, 5) is 16.2. The lowest BCUT2D eigenvalue weighted by Crippen LogP contribution is -2.32. The van der Waals surface area contributed by atoms with Crippen LogP contribution < -0.4 is 10.6 Å². The Morgan fingerprint density at radius 1 is 1.53 bits per heavy atom. The molecule has 5 heteroatoms. The van der Waals surface area contributed by atoms with Crippen molar-refractivity contribution in [1.29, 1.82) is 0 Å². The molecule has 4 nitrogen and oxygen atoms in total. The van der Waals surface area contributed by atoms with E-state index in [9.17, 15) is 4.79 Å². The van der Waals surface area contributed by atoms with Crippen LogP contribution in [0.1, 0.15) is 36.5 Å². The van der Waals surface area contributed by atoms with Gasteiger partial charge >= 0.3 is 0 Å². The summed E-state index contributed by atoms with van der Waals surface area (Å²) in [5.41, 5.74) is 1.48. The number of nitrogens with one attached hydrogen (secondary N) is 2. The standard InChI is InChI=1S/C14H21N3OS/c1-2-16-13-10-15-7-6-12(13)14(18)17-9-11-5-3-4-8-19-11/h6-7,10-11,16H,2-5,8-9H2,1H3,(H,17,18). The zero-order valence-electron chi connectivity index (χ0n) is 11.3. The largest absolute Gasteiger partial charge is 0.383 e. The Morgan fingerprint density at radius 2 is 2.42 bits per heavy atom. The van der Waals surface area contributed by atoms with Gasteiger partial charge in [0, 0.05) is 24.5 Å². The second-order valence-corrected chi connectivity index (χ2v) is 6.06. The van der Waals surface area contributed by atoms with Gasteiger partial charge in [-0.05, 0) is 31.6 Å². The minimum Gasteiger partial charge on any atom is -0.383 e. The quantitative estimate of drug-likeness (QED) is 0.869. The molecule has 1 atom stereocenters. The van der Waals surface area contributed by atoms with Gasteiger partial charge in [-0.15, -0.1) is 0 Å². The molecule has 1 fully saturated rings. The van der Waals surface area contributed by atoms with Crippen molar-refractivity contribution in [2.24, 2.45) is 0 Å². The van der Waals surface area contributed by atoms with Crippen molar-refractivity contribution < 1.29 is 4.79 Å². The van der Waals surface area contributed by atoms with Gasteiger partial charge < -0.3 is 10.6 Å². The van der Waals surface area contributed by atoms with Crippen LogP contribution in [0.5, 0.6) is 0 Å². The SMILES string of the molecule is CCNc1cnccc1C(=O)NCC1CCCCS1. The molecule has 19 heavy (non-hydrogen) atoms. The summed E-state index contributed by atoms with van der Waals surface area (Å²) in [5, 5.41) is 6.78. The molecule has 2 rings (SSSR count). The second-order valence-electron chi connectivity index (χ2n) is 4.65. The number of hydrogen-bond acceptors (Lipinski definition) is 4. The first kappa shape index (κ1) is 14.2. The molecule has 1 amide bonds. The molecule has 0 bridgehead atoms. The highest BCUT2D eigenvalue weighted by Gasteiger charge is 2.16. The molecule has 1 unspecified atom stereocenters. The van der Waals surface area contributed by atoms with Gasteiger partial charge in [0.05, 0.1) is 17.4 Å². The van der Waals surface area contributed by atoms with Gasteiger partial charge in [-0.2, -0.15) is 11.8 Å². The number of nitrogens with zero attached hydrogens (tertiary/aromatic N) is 1. The Labute approximate surface area is 118 Å². The maximum atomic E-state index is 12.2. The highest BCUT2D eigenvalue weighted by Crippen LogP contribution is 2.24. The molecule has 0 aromatic carbocycles. The van der Waals surface area contributed by atoms with E-state index in [2.05, 4.69) is 15.6 Å². The minimum absolute atomic E-state index is 0.00970. The van der Waals surface area contributed by atoms with Crippen molar-refractivity contribution in [2.45, 2.75) is 31.4 Å². The third-order valence-corrected chi connectivity index (χ3v) is 4.60. The van der Waals surface area contributed by atoms with Gasteiger partial charge in [-0.25, -0.2) is 0 Å². The van der Waals surface area contributed by atoms with Gasteiger partial charge in [-0.1, -0.05) is 6.42 Å². The van der Waals surface area contributed by atoms with E-state index in [4.69, 9.17) is 0 Å². The van der Waals surface area contributed by atoms with E-state index in [1.165, 1.54) is 25.0 Å². The topological polar surface area (TPSA) is 54.0 Å². The van der Waals surface area contributed by atoms with E-state index in [0.717, 1.165) is 18.8 Å². The van der Waals surface area contributed by atoms with Crippen molar-refractivity contribution in [2.75, 3.05) is 24.2 Å². The van der Waals surface area contributed by atoms with Crippen molar-refractivity contribution in [1.82, 2.24) is 10.3 Å². The fourth-order valence-corrected chi connectivity index (χ4v) is 3.43. The van der Waals surface area contributed by atoms with Crippen LogP contribution in [-0.2, 0) is 0 Å². The van der Waals surface area contributed by atoms with Gasteiger partial charge in [0.15, 0.2) is 0 Å². The molecule has 0 saturated carbocycles. The van der Waals surface area contributed by atoms with E-state index >= 15 is 0 Å². The zero-order valence-corrected chi connectivity index (χ0v) is 12.1. The summed E-state index contributed by atoms with van der Waals surface area (Å²) in [7, 11) is 0. The number of anilines is 1. The number of hydrogen-bond donors (Lipinski definition) is 2. The Balaban J connectivity index is 1.91. The van der Waals surface area contributed by atoms with E-state index in [0.29, 0.717) is 10.8 Å². The first-order chi connectivity index (χ1) is 9.31. The summed E-state index contributed by atoms with van der Waals surface area (Å²) in [5.74, 6) is 1.21. The molecule has 1 aliphatic heterocycles. The molecule has 1 saturated heterocycles. The van der Waals surface area contributed by atoms with E-state index in [-0.39, 0.29) is 5.91 Å². The van der Waals surface area contributed by atoms with Gasteiger partial charge in [0.2, 0.25) is 0 Å². The summed E-state index contributed by atoms with van der Waals surface area (Å²) < 4.78 is 0. The average Bonchev–Trinajstić information content (AvgIpc) is 2.47. The van der Waals surface area contributed by atoms with Crippen LogP contribution in [0.4, 0.5) is 5.69 Å². The number of thioether (sulfide) groups is 1. The maximum absolute atomic E-state index is 12.2. The fourth-order valence-electron chi connectivity index (χ4n) is 2.19. The third-order valence-electron chi connectivity index (χ3n) is 3.20. The number of carbonyl (C=O) groups is 1. The van der Waals surface area contributed by atoms with Crippen LogP contribution >= 0.6 is 11.8 Å². The van der Waals surface area contributed by atoms with Gasteiger partial charge in [0.1, 0.15) is 0 Å². The summed E-state index contributed by atoms with van der Waals surface area (Å²) in [6, 6.07) is 1.77. The first-order valence-electron chi connectivity index (χ1n) is 6.89. The predicted molar refractivity (Wildman–Crippen MR) is 80.8 cm³/mol. The van der Waals surface area contributed by atoms with Crippen molar-refractivity contribution in [3.05, 3.63) is 24.0 Å². The summed E-state index contributed by atoms with van der Waals surface area (Å²) >= 11 is 1.97. The summed E-state index contributed by atoms with van der Waals surface area (Å²) in [6.45, 7) is 3.55. The van der Waals surface area contributed by atoms with E-state index in [1.54, 1.807) is 18.5 Å². The minimum atomic E-state index is -0.00970. The van der Waals surface area contributed by atoms with E-state index < -0.39 is 0 Å². The fraction of sp³-hybridized carbons (Fsp3) is 0.571. The smallest absolute Gasteiger partial charge is 0.253 e. The van der Waals surface area contributed by atoms with Crippen molar-refractivity contribution >= 4 is 23.4 Å². The lowest BCUT2D eigenvalue weighted by molar-refractivity contribution is 0.0954. The van der Waals surface area contributed by atoms with Crippen molar-refractivity contribution in [3.8, 4) is 0 Å². The van der Waals surface area contributed by atoms with Crippen LogP contribution in [-0.4, -0.2) is 35.0 Å². The number of carbonyl (C=O) groups excluding carboxylic acids is 1. The van der Waals surface area contributed by atoms with Crippen molar-refractivity contribution in [3.63, 3.8) is 0 Å². The van der Waals surface area contributed by atoms with Crippen LogP contribution in [0.25, 0.3) is 0 Å². The maximum Gasteiger partial charge on any atom is 0.253 e. The predicted octanol–water partition coefficient (Wildman–Crippen LogP) is 2.53. The lowest BCUT2D eigenvalue weighted by atomic mass is 10.1. The lowest BCUT2D eigenvalue weighted by Gasteiger charge is -2.21.